The summed E-state index contributed by atoms with van der Waals surface area (Å²) in [6, 6.07) is 2.04. The van der Waals surface area contributed by atoms with Gasteiger partial charge in [0.1, 0.15) is 11.9 Å². The molecule has 1 aliphatic heterocycles. The molecule has 1 aliphatic rings. The standard InChI is InChI=1S/C13H21N5O/c1-9-7-11(8-19-9)5-6-14-12-15-10(2)16-13(17-12)18(3)4/h7-8,10H,5-6H2,1-4H3,(H2,14,15,16,17). The number of nitrogens with one attached hydrogen (secondary N) is 2. The first kappa shape index (κ1) is 13.5. The quantitative estimate of drug-likeness (QED) is 0.852. The molecule has 0 spiro atoms. The van der Waals surface area contributed by atoms with Gasteiger partial charge in [-0.05, 0) is 31.9 Å². The summed E-state index contributed by atoms with van der Waals surface area (Å²) in [6.45, 7) is 4.65. The summed E-state index contributed by atoms with van der Waals surface area (Å²) in [7, 11) is 3.91. The molecule has 0 aliphatic carbocycles. The maximum Gasteiger partial charge on any atom is 0.202 e. The summed E-state index contributed by atoms with van der Waals surface area (Å²) in [4.78, 5) is 10.9. The Bertz CT molecular complexity index is 489. The molecule has 1 atom stereocenters. The van der Waals surface area contributed by atoms with Gasteiger partial charge in [-0.25, -0.2) is 4.99 Å². The number of hydrogen-bond acceptors (Lipinski definition) is 4. The lowest BCUT2D eigenvalue weighted by molar-refractivity contribution is 0.531. The van der Waals surface area contributed by atoms with Crippen LogP contribution in [0.3, 0.4) is 0 Å². The van der Waals surface area contributed by atoms with Crippen LogP contribution >= 0.6 is 0 Å². The molecule has 2 rings (SSSR count). The van der Waals surface area contributed by atoms with Crippen molar-refractivity contribution in [1.29, 1.82) is 0 Å². The van der Waals surface area contributed by atoms with E-state index < -0.39 is 0 Å². The molecule has 0 amide bonds. The zero-order valence-electron chi connectivity index (χ0n) is 11.9. The highest BCUT2D eigenvalue weighted by molar-refractivity contribution is 6.00. The lowest BCUT2D eigenvalue weighted by atomic mass is 10.2. The van der Waals surface area contributed by atoms with Crippen LogP contribution in [0.4, 0.5) is 0 Å². The Kier molecular flexibility index (Phi) is 4.09. The summed E-state index contributed by atoms with van der Waals surface area (Å²) < 4.78 is 5.27. The highest BCUT2D eigenvalue weighted by Crippen LogP contribution is 2.06. The molecule has 0 aromatic carbocycles. The third-order valence-corrected chi connectivity index (χ3v) is 2.77. The molecule has 19 heavy (non-hydrogen) atoms. The summed E-state index contributed by atoms with van der Waals surface area (Å²) in [5.74, 6) is 2.53. The monoisotopic (exact) mass is 263 g/mol. The third kappa shape index (κ3) is 3.74. The van der Waals surface area contributed by atoms with Crippen molar-refractivity contribution in [2.45, 2.75) is 26.4 Å². The molecular weight excluding hydrogens is 242 g/mol. The van der Waals surface area contributed by atoms with Gasteiger partial charge in [-0.2, -0.15) is 0 Å². The molecule has 6 heteroatoms. The number of aliphatic imine (C=N–C) groups is 2. The van der Waals surface area contributed by atoms with Crippen LogP contribution < -0.4 is 10.6 Å². The SMILES string of the molecule is Cc1cc(CCN=C2NC(N(C)C)=NC(C)N2)co1. The second kappa shape index (κ2) is 5.77. The molecule has 0 fully saturated rings. The normalized spacial score (nSPS) is 20.7. The van der Waals surface area contributed by atoms with Crippen LogP contribution in [0.5, 0.6) is 0 Å². The summed E-state index contributed by atoms with van der Waals surface area (Å²) in [5.41, 5.74) is 1.17. The summed E-state index contributed by atoms with van der Waals surface area (Å²) in [6.07, 6.45) is 2.69. The lowest BCUT2D eigenvalue weighted by Gasteiger charge is -2.26. The van der Waals surface area contributed by atoms with Gasteiger partial charge in [-0.15, -0.1) is 0 Å². The van der Waals surface area contributed by atoms with E-state index in [0.29, 0.717) is 6.54 Å². The number of hydrogen-bond donors (Lipinski definition) is 2. The van der Waals surface area contributed by atoms with Gasteiger partial charge < -0.3 is 14.6 Å². The Morgan fingerprint density at radius 2 is 2.26 bits per heavy atom. The zero-order valence-corrected chi connectivity index (χ0v) is 11.9. The number of aryl methyl sites for hydroxylation is 1. The Balaban J connectivity index is 1.91. The van der Waals surface area contributed by atoms with E-state index in [1.165, 1.54) is 5.56 Å². The van der Waals surface area contributed by atoms with Crippen LogP contribution in [0.2, 0.25) is 0 Å². The average molecular weight is 263 g/mol. The first-order chi connectivity index (χ1) is 9.04. The summed E-state index contributed by atoms with van der Waals surface area (Å²) >= 11 is 0. The topological polar surface area (TPSA) is 65.2 Å². The van der Waals surface area contributed by atoms with Crippen molar-refractivity contribution >= 4 is 11.9 Å². The predicted octanol–water partition coefficient (Wildman–Crippen LogP) is 0.943. The van der Waals surface area contributed by atoms with E-state index >= 15 is 0 Å². The minimum absolute atomic E-state index is 0.0357. The van der Waals surface area contributed by atoms with Crippen molar-refractivity contribution in [3.8, 4) is 0 Å². The van der Waals surface area contributed by atoms with E-state index in [1.807, 2.05) is 38.9 Å². The molecule has 2 heterocycles. The van der Waals surface area contributed by atoms with Crippen molar-refractivity contribution in [2.24, 2.45) is 9.98 Å². The molecule has 104 valence electrons. The molecule has 1 unspecified atom stereocenters. The predicted molar refractivity (Wildman–Crippen MR) is 76.3 cm³/mol. The molecule has 0 saturated heterocycles. The Morgan fingerprint density at radius 3 is 2.89 bits per heavy atom. The van der Waals surface area contributed by atoms with Crippen molar-refractivity contribution in [1.82, 2.24) is 15.5 Å². The molecule has 1 aromatic rings. The number of guanidine groups is 2. The van der Waals surface area contributed by atoms with Gasteiger partial charge in [0.05, 0.1) is 6.26 Å². The summed E-state index contributed by atoms with van der Waals surface area (Å²) in [5, 5.41) is 6.36. The third-order valence-electron chi connectivity index (χ3n) is 2.77. The van der Waals surface area contributed by atoms with Gasteiger partial charge >= 0.3 is 0 Å². The molecule has 0 saturated carbocycles. The fraction of sp³-hybridized carbons (Fsp3) is 0.538. The lowest BCUT2D eigenvalue weighted by Crippen LogP contribution is -2.53. The van der Waals surface area contributed by atoms with E-state index in [-0.39, 0.29) is 6.17 Å². The van der Waals surface area contributed by atoms with E-state index in [9.17, 15) is 0 Å². The van der Waals surface area contributed by atoms with Crippen LogP contribution in [0.1, 0.15) is 18.2 Å². The van der Waals surface area contributed by atoms with Gasteiger partial charge in [0, 0.05) is 20.6 Å². The second-order valence-electron chi connectivity index (χ2n) is 4.84. The molecule has 0 radical (unpaired) electrons. The van der Waals surface area contributed by atoms with Crippen LogP contribution in [0.25, 0.3) is 0 Å². The first-order valence-electron chi connectivity index (χ1n) is 6.42. The first-order valence-corrected chi connectivity index (χ1v) is 6.42. The smallest absolute Gasteiger partial charge is 0.202 e. The van der Waals surface area contributed by atoms with E-state index in [2.05, 4.69) is 20.6 Å². The van der Waals surface area contributed by atoms with Crippen molar-refractivity contribution in [3.05, 3.63) is 23.7 Å². The molecule has 2 N–H and O–H groups in total. The maximum atomic E-state index is 5.27. The Labute approximate surface area is 113 Å². The molecule has 6 nitrogen and oxygen atoms in total. The van der Waals surface area contributed by atoms with Gasteiger partial charge in [0.2, 0.25) is 5.96 Å². The fourth-order valence-electron chi connectivity index (χ4n) is 1.83. The minimum atomic E-state index is 0.0357. The van der Waals surface area contributed by atoms with Crippen molar-refractivity contribution < 1.29 is 4.42 Å². The Hall–Kier alpha value is -1.98. The molecular formula is C13H21N5O. The van der Waals surface area contributed by atoms with Gasteiger partial charge in [0.15, 0.2) is 5.96 Å². The van der Waals surface area contributed by atoms with Crippen LogP contribution in [0.15, 0.2) is 26.7 Å². The minimum Gasteiger partial charge on any atom is -0.469 e. The molecule has 0 bridgehead atoms. The highest BCUT2D eigenvalue weighted by atomic mass is 16.3. The fourth-order valence-corrected chi connectivity index (χ4v) is 1.83. The van der Waals surface area contributed by atoms with Gasteiger partial charge in [-0.3, -0.25) is 10.3 Å². The second-order valence-corrected chi connectivity index (χ2v) is 4.84. The Morgan fingerprint density at radius 1 is 1.47 bits per heavy atom. The van der Waals surface area contributed by atoms with Crippen LogP contribution in [0, 0.1) is 6.92 Å². The van der Waals surface area contributed by atoms with E-state index in [4.69, 9.17) is 4.42 Å². The maximum absolute atomic E-state index is 5.27. The van der Waals surface area contributed by atoms with Crippen LogP contribution in [-0.2, 0) is 6.42 Å². The van der Waals surface area contributed by atoms with Crippen LogP contribution in [-0.4, -0.2) is 43.6 Å². The number of furan rings is 1. The zero-order chi connectivity index (χ0) is 13.8. The van der Waals surface area contributed by atoms with Gasteiger partial charge in [0.25, 0.3) is 0 Å². The van der Waals surface area contributed by atoms with E-state index in [0.717, 1.165) is 24.1 Å². The number of rotatable bonds is 3. The van der Waals surface area contributed by atoms with E-state index in [1.54, 1.807) is 6.26 Å². The molecule has 1 aromatic heterocycles. The van der Waals surface area contributed by atoms with Crippen molar-refractivity contribution in [3.63, 3.8) is 0 Å². The largest absolute Gasteiger partial charge is 0.469 e. The van der Waals surface area contributed by atoms with Gasteiger partial charge in [-0.1, -0.05) is 0 Å². The van der Waals surface area contributed by atoms with Crippen molar-refractivity contribution in [2.75, 3.05) is 20.6 Å². The highest BCUT2D eigenvalue weighted by Gasteiger charge is 2.15. The number of nitrogens with zero attached hydrogens (tertiary/aromatic N) is 3. The average Bonchev–Trinajstić information content (AvgIpc) is 2.74.